The number of hydrogen-bond donors (Lipinski definition) is 3. The number of hydrogen-bond acceptors (Lipinski definition) is 7. The molecule has 41 heavy (non-hydrogen) atoms. The van der Waals surface area contributed by atoms with Gasteiger partial charge in [-0.05, 0) is 61.0 Å². The van der Waals surface area contributed by atoms with Crippen molar-refractivity contribution < 1.29 is 32.1 Å². The second-order valence-corrected chi connectivity index (χ2v) is 10.8. The van der Waals surface area contributed by atoms with Crippen LogP contribution in [0.25, 0.3) is 10.8 Å². The maximum Gasteiger partial charge on any atom is 0.295 e. The Morgan fingerprint density at radius 3 is 2.27 bits per heavy atom. The number of benzene rings is 4. The summed E-state index contributed by atoms with van der Waals surface area (Å²) >= 11 is 6.28. The van der Waals surface area contributed by atoms with Crippen molar-refractivity contribution in [2.75, 3.05) is 22.6 Å². The van der Waals surface area contributed by atoms with Crippen LogP contribution in [0, 0.1) is 6.92 Å². The van der Waals surface area contributed by atoms with Gasteiger partial charge in [0, 0.05) is 27.7 Å². The van der Waals surface area contributed by atoms with Gasteiger partial charge in [0.2, 0.25) is 0 Å². The first-order valence-corrected chi connectivity index (χ1v) is 13.9. The summed E-state index contributed by atoms with van der Waals surface area (Å²) < 4.78 is 38.3. The lowest BCUT2D eigenvalue weighted by Crippen LogP contribution is -2.32. The highest BCUT2D eigenvalue weighted by molar-refractivity contribution is 7.86. The monoisotopic (exact) mass is 591 g/mol. The second-order valence-electron chi connectivity index (χ2n) is 9.07. The standard InChI is InChI=1S/C29H22ClN3O7S/c1-16-9-10-17(27(34)32-22-7-3-6-21-20(22)5-4-8-24(21)41(37,38)39)15-23(16)31-26-25(30)28(35)33(29(26)36)18-11-13-19(40-2)14-12-18/h3-15,31H,1-2H3,(H,32,34)(H,37,38,39). The van der Waals surface area contributed by atoms with Gasteiger partial charge in [0.15, 0.2) is 0 Å². The number of amides is 3. The van der Waals surface area contributed by atoms with Crippen molar-refractivity contribution in [1.82, 2.24) is 0 Å². The normalized spacial score (nSPS) is 13.6. The molecule has 208 valence electrons. The molecule has 0 aliphatic carbocycles. The number of nitrogens with one attached hydrogen (secondary N) is 2. The lowest BCUT2D eigenvalue weighted by atomic mass is 10.1. The number of halogens is 1. The van der Waals surface area contributed by atoms with E-state index < -0.39 is 27.8 Å². The van der Waals surface area contributed by atoms with Crippen molar-refractivity contribution in [1.29, 1.82) is 0 Å². The number of methoxy groups -OCH3 is 1. The van der Waals surface area contributed by atoms with Crippen molar-refractivity contribution in [2.45, 2.75) is 11.8 Å². The molecule has 0 unspecified atom stereocenters. The lowest BCUT2D eigenvalue weighted by Gasteiger charge is -2.16. The van der Waals surface area contributed by atoms with Gasteiger partial charge in [0.1, 0.15) is 21.4 Å². The Kier molecular flexibility index (Phi) is 7.26. The molecule has 0 aromatic heterocycles. The fourth-order valence-electron chi connectivity index (χ4n) is 4.42. The summed E-state index contributed by atoms with van der Waals surface area (Å²) in [5, 5.41) is 6.02. The largest absolute Gasteiger partial charge is 0.497 e. The van der Waals surface area contributed by atoms with Crippen LogP contribution in [-0.4, -0.2) is 37.8 Å². The van der Waals surface area contributed by atoms with Crippen LogP contribution in [0.1, 0.15) is 15.9 Å². The van der Waals surface area contributed by atoms with Gasteiger partial charge in [-0.15, -0.1) is 0 Å². The van der Waals surface area contributed by atoms with Crippen LogP contribution in [0.15, 0.2) is 94.5 Å². The van der Waals surface area contributed by atoms with Crippen LogP contribution in [0.5, 0.6) is 5.75 Å². The minimum atomic E-state index is -4.48. The molecule has 5 rings (SSSR count). The van der Waals surface area contributed by atoms with E-state index in [-0.39, 0.29) is 26.6 Å². The van der Waals surface area contributed by atoms with Crippen LogP contribution in [0.4, 0.5) is 17.1 Å². The zero-order valence-electron chi connectivity index (χ0n) is 21.6. The average molecular weight is 592 g/mol. The molecule has 0 radical (unpaired) electrons. The van der Waals surface area contributed by atoms with Gasteiger partial charge in [0.25, 0.3) is 27.8 Å². The quantitative estimate of drug-likeness (QED) is 0.199. The van der Waals surface area contributed by atoms with Crippen molar-refractivity contribution >= 4 is 67.3 Å². The van der Waals surface area contributed by atoms with E-state index in [0.29, 0.717) is 33.8 Å². The molecule has 0 fully saturated rings. The maximum absolute atomic E-state index is 13.2. The summed E-state index contributed by atoms with van der Waals surface area (Å²) in [6.45, 7) is 1.75. The number of rotatable bonds is 7. The smallest absolute Gasteiger partial charge is 0.295 e. The van der Waals surface area contributed by atoms with Crippen molar-refractivity contribution in [2.24, 2.45) is 0 Å². The van der Waals surface area contributed by atoms with E-state index in [1.807, 2.05) is 0 Å². The first kappa shape index (κ1) is 27.8. The van der Waals surface area contributed by atoms with E-state index in [4.69, 9.17) is 16.3 Å². The SMILES string of the molecule is COc1ccc(N2C(=O)C(Cl)=C(Nc3cc(C(=O)Nc4cccc5c(S(=O)(=O)O)cccc45)ccc3C)C2=O)cc1. The minimum Gasteiger partial charge on any atom is -0.497 e. The summed E-state index contributed by atoms with van der Waals surface area (Å²) in [6.07, 6.45) is 0. The molecule has 0 bridgehead atoms. The molecule has 4 aromatic rings. The molecule has 0 saturated carbocycles. The first-order valence-electron chi connectivity index (χ1n) is 12.1. The Morgan fingerprint density at radius 2 is 1.59 bits per heavy atom. The van der Waals surface area contributed by atoms with E-state index in [9.17, 15) is 27.4 Å². The van der Waals surface area contributed by atoms with Crippen molar-refractivity contribution in [3.8, 4) is 5.75 Å². The van der Waals surface area contributed by atoms with Gasteiger partial charge in [-0.2, -0.15) is 8.42 Å². The third kappa shape index (κ3) is 5.25. The summed E-state index contributed by atoms with van der Waals surface area (Å²) in [4.78, 5) is 40.0. The fourth-order valence-corrected chi connectivity index (χ4v) is 5.34. The lowest BCUT2D eigenvalue weighted by molar-refractivity contribution is -0.120. The number of aryl methyl sites for hydroxylation is 1. The zero-order chi connectivity index (χ0) is 29.5. The zero-order valence-corrected chi connectivity index (χ0v) is 23.2. The summed E-state index contributed by atoms with van der Waals surface area (Å²) in [6, 6.07) is 20.1. The second kappa shape index (κ2) is 10.7. The maximum atomic E-state index is 13.2. The number of carbonyl (C=O) groups excluding carboxylic acids is 3. The summed E-state index contributed by atoms with van der Waals surface area (Å²) in [5.74, 6) is -1.33. The fraction of sp³-hybridized carbons (Fsp3) is 0.0690. The molecule has 1 aliphatic heterocycles. The number of anilines is 3. The predicted octanol–water partition coefficient (Wildman–Crippen LogP) is 5.09. The van der Waals surface area contributed by atoms with Crippen molar-refractivity contribution in [3.63, 3.8) is 0 Å². The molecule has 0 atom stereocenters. The van der Waals surface area contributed by atoms with E-state index >= 15 is 0 Å². The van der Waals surface area contributed by atoms with Crippen LogP contribution in [0.2, 0.25) is 0 Å². The van der Waals surface area contributed by atoms with Crippen LogP contribution in [0.3, 0.4) is 0 Å². The Morgan fingerprint density at radius 1 is 0.902 bits per heavy atom. The van der Waals surface area contributed by atoms with Gasteiger partial charge in [0.05, 0.1) is 12.8 Å². The molecule has 4 aromatic carbocycles. The van der Waals surface area contributed by atoms with Crippen LogP contribution < -0.4 is 20.3 Å². The number of carbonyl (C=O) groups is 3. The van der Waals surface area contributed by atoms with E-state index in [2.05, 4.69) is 10.6 Å². The third-order valence-corrected chi connectivity index (χ3v) is 7.79. The number of ether oxygens (including phenoxy) is 1. The Labute approximate surface area is 239 Å². The number of nitrogens with zero attached hydrogens (tertiary/aromatic N) is 1. The van der Waals surface area contributed by atoms with Crippen LogP contribution >= 0.6 is 11.6 Å². The summed E-state index contributed by atoms with van der Waals surface area (Å²) in [5.41, 5.74) is 1.75. The Bertz CT molecular complexity index is 1890. The highest BCUT2D eigenvalue weighted by Crippen LogP contribution is 2.33. The molecule has 10 nitrogen and oxygen atoms in total. The van der Waals surface area contributed by atoms with Gasteiger partial charge in [-0.3, -0.25) is 18.9 Å². The molecule has 1 heterocycles. The minimum absolute atomic E-state index is 0.139. The van der Waals surface area contributed by atoms with E-state index in [1.165, 1.54) is 31.4 Å². The van der Waals surface area contributed by atoms with E-state index in [0.717, 1.165) is 4.90 Å². The van der Waals surface area contributed by atoms with Gasteiger partial charge < -0.3 is 15.4 Å². The predicted molar refractivity (Wildman–Crippen MR) is 155 cm³/mol. The van der Waals surface area contributed by atoms with Gasteiger partial charge >= 0.3 is 0 Å². The molecule has 12 heteroatoms. The number of fused-ring (bicyclic) bond motifs is 1. The van der Waals surface area contributed by atoms with E-state index in [1.54, 1.807) is 61.5 Å². The van der Waals surface area contributed by atoms with Gasteiger partial charge in [-0.25, -0.2) is 4.90 Å². The van der Waals surface area contributed by atoms with Gasteiger partial charge in [-0.1, -0.05) is 41.9 Å². The molecule has 1 aliphatic rings. The molecule has 3 amide bonds. The number of imide groups is 1. The van der Waals surface area contributed by atoms with Crippen LogP contribution in [-0.2, 0) is 19.7 Å². The molecular weight excluding hydrogens is 570 g/mol. The third-order valence-electron chi connectivity index (χ3n) is 6.53. The summed E-state index contributed by atoms with van der Waals surface area (Å²) in [7, 11) is -2.98. The topological polar surface area (TPSA) is 142 Å². The van der Waals surface area contributed by atoms with Crippen molar-refractivity contribution in [3.05, 3.63) is 101 Å². The molecular formula is C29H22ClN3O7S. The highest BCUT2D eigenvalue weighted by atomic mass is 35.5. The first-order chi connectivity index (χ1) is 19.5. The highest BCUT2D eigenvalue weighted by Gasteiger charge is 2.39. The Balaban J connectivity index is 1.41. The molecule has 0 saturated heterocycles. The molecule has 3 N–H and O–H groups in total. The average Bonchev–Trinajstić information content (AvgIpc) is 3.16. The Hall–Kier alpha value is -4.71. The molecule has 0 spiro atoms.